The van der Waals surface area contributed by atoms with Crippen LogP contribution >= 0.6 is 15.9 Å². The van der Waals surface area contributed by atoms with Crippen molar-refractivity contribution in [3.8, 4) is 5.75 Å². The van der Waals surface area contributed by atoms with E-state index in [1.165, 1.54) is 6.07 Å². The lowest BCUT2D eigenvalue weighted by Gasteiger charge is -2.44. The monoisotopic (exact) mass is 465 g/mol. The van der Waals surface area contributed by atoms with Crippen LogP contribution in [-0.4, -0.2) is 25.4 Å². The number of unbranched alkanes of at least 4 members (excludes halogenated alkanes) is 1. The largest absolute Gasteiger partial charge is 0.485 e. The van der Waals surface area contributed by atoms with Gasteiger partial charge in [0.1, 0.15) is 29.4 Å². The summed E-state index contributed by atoms with van der Waals surface area (Å²) >= 11 is 3.29. The molecule has 1 heterocycles. The van der Waals surface area contributed by atoms with Crippen LogP contribution in [0, 0.1) is 5.82 Å². The van der Waals surface area contributed by atoms with Crippen LogP contribution in [0.4, 0.5) is 10.1 Å². The van der Waals surface area contributed by atoms with Gasteiger partial charge in [0.05, 0.1) is 6.61 Å². The molecule has 158 valence electrons. The lowest BCUT2D eigenvalue weighted by molar-refractivity contribution is -0.167. The first-order chi connectivity index (χ1) is 13.9. The molecule has 1 aliphatic heterocycles. The van der Waals surface area contributed by atoms with Crippen molar-refractivity contribution in [2.24, 2.45) is 0 Å². The molecule has 4 nitrogen and oxygen atoms in total. The highest BCUT2D eigenvalue weighted by Gasteiger charge is 2.45. The Morgan fingerprint density at radius 2 is 1.97 bits per heavy atom. The summed E-state index contributed by atoms with van der Waals surface area (Å²) in [5, 5.41) is 3.17. The first-order valence-corrected chi connectivity index (χ1v) is 10.8. The summed E-state index contributed by atoms with van der Waals surface area (Å²) in [6.07, 6.45) is 1.33. The van der Waals surface area contributed by atoms with Crippen LogP contribution in [0.25, 0.3) is 0 Å². The van der Waals surface area contributed by atoms with Crippen LogP contribution in [0.3, 0.4) is 0 Å². The minimum atomic E-state index is -0.628. The average molecular weight is 466 g/mol. The molecule has 1 N–H and O–H groups in total. The van der Waals surface area contributed by atoms with Gasteiger partial charge in [-0.25, -0.2) is 4.39 Å². The molecular formula is C23H29BrFNO3. The van der Waals surface area contributed by atoms with E-state index in [9.17, 15) is 4.39 Å². The van der Waals surface area contributed by atoms with E-state index in [4.69, 9.17) is 14.2 Å². The molecule has 2 aromatic carbocycles. The van der Waals surface area contributed by atoms with Crippen molar-refractivity contribution in [1.82, 2.24) is 0 Å². The third-order valence-corrected chi connectivity index (χ3v) is 5.66. The van der Waals surface area contributed by atoms with Crippen LogP contribution in [0.2, 0.25) is 0 Å². The standard InChI is InChI=1S/C23H29BrFNO3/c1-5-6-11-27-21-18-13-17(26-4)9-10-20(18)29-23(2,3)22(21)28-14-15-7-8-16(24)12-19(15)25/h7-10,12-13,21-22,26H,5-6,11,14H2,1-4H3. The Morgan fingerprint density at radius 3 is 2.66 bits per heavy atom. The summed E-state index contributed by atoms with van der Waals surface area (Å²) in [6, 6.07) is 11.0. The smallest absolute Gasteiger partial charge is 0.132 e. The number of halogens is 2. The molecule has 0 fully saturated rings. The lowest BCUT2D eigenvalue weighted by Crippen LogP contribution is -2.51. The average Bonchev–Trinajstić information content (AvgIpc) is 2.68. The van der Waals surface area contributed by atoms with Crippen molar-refractivity contribution in [1.29, 1.82) is 0 Å². The van der Waals surface area contributed by atoms with Crippen molar-refractivity contribution in [3.63, 3.8) is 0 Å². The van der Waals surface area contributed by atoms with Gasteiger partial charge in [-0.05, 0) is 50.6 Å². The maximum absolute atomic E-state index is 14.3. The Kier molecular flexibility index (Phi) is 7.19. The molecule has 1 aliphatic rings. The molecule has 0 amide bonds. The molecule has 0 saturated carbocycles. The van der Waals surface area contributed by atoms with Gasteiger partial charge in [-0.15, -0.1) is 0 Å². The third kappa shape index (κ3) is 5.11. The topological polar surface area (TPSA) is 39.7 Å². The maximum Gasteiger partial charge on any atom is 0.132 e. The van der Waals surface area contributed by atoms with E-state index in [0.29, 0.717) is 16.6 Å². The number of ether oxygens (including phenoxy) is 3. The molecule has 29 heavy (non-hydrogen) atoms. The fourth-order valence-electron chi connectivity index (χ4n) is 3.53. The van der Waals surface area contributed by atoms with Crippen LogP contribution in [-0.2, 0) is 16.1 Å². The molecule has 3 rings (SSSR count). The van der Waals surface area contributed by atoms with Crippen LogP contribution in [0.5, 0.6) is 5.75 Å². The van der Waals surface area contributed by atoms with Gasteiger partial charge in [-0.2, -0.15) is 0 Å². The zero-order valence-corrected chi connectivity index (χ0v) is 19.0. The number of hydrogen-bond donors (Lipinski definition) is 1. The van der Waals surface area contributed by atoms with Crippen molar-refractivity contribution >= 4 is 21.6 Å². The number of nitrogens with one attached hydrogen (secondary N) is 1. The molecule has 0 bridgehead atoms. The first-order valence-electron chi connectivity index (χ1n) is 10.0. The van der Waals surface area contributed by atoms with Crippen molar-refractivity contribution in [2.45, 2.75) is 58.0 Å². The van der Waals surface area contributed by atoms with E-state index in [-0.39, 0.29) is 24.6 Å². The highest BCUT2D eigenvalue weighted by Crippen LogP contribution is 2.44. The second kappa shape index (κ2) is 9.45. The van der Waals surface area contributed by atoms with Gasteiger partial charge in [0, 0.05) is 34.9 Å². The van der Waals surface area contributed by atoms with Gasteiger partial charge in [-0.3, -0.25) is 0 Å². The fraction of sp³-hybridized carbons (Fsp3) is 0.478. The van der Waals surface area contributed by atoms with Crippen LogP contribution in [0.15, 0.2) is 40.9 Å². The van der Waals surface area contributed by atoms with Gasteiger partial charge in [-0.1, -0.05) is 35.3 Å². The second-order valence-electron chi connectivity index (χ2n) is 7.82. The van der Waals surface area contributed by atoms with E-state index in [2.05, 4.69) is 28.2 Å². The molecule has 0 aromatic heterocycles. The highest BCUT2D eigenvalue weighted by atomic mass is 79.9. The lowest BCUT2D eigenvalue weighted by atomic mass is 9.87. The van der Waals surface area contributed by atoms with Gasteiger partial charge < -0.3 is 19.5 Å². The van der Waals surface area contributed by atoms with E-state index in [1.54, 1.807) is 6.07 Å². The Bertz CT molecular complexity index is 843. The first kappa shape index (κ1) is 22.1. The molecular weight excluding hydrogens is 437 g/mol. The van der Waals surface area contributed by atoms with Crippen LogP contribution < -0.4 is 10.1 Å². The molecule has 2 unspecified atom stereocenters. The summed E-state index contributed by atoms with van der Waals surface area (Å²) < 4.78 is 33.8. The maximum atomic E-state index is 14.3. The molecule has 0 radical (unpaired) electrons. The molecule has 2 atom stereocenters. The predicted octanol–water partition coefficient (Wildman–Crippen LogP) is 6.24. The van der Waals surface area contributed by atoms with E-state index in [1.807, 2.05) is 45.2 Å². The number of rotatable bonds is 8. The van der Waals surface area contributed by atoms with E-state index >= 15 is 0 Å². The second-order valence-corrected chi connectivity index (χ2v) is 8.74. The third-order valence-electron chi connectivity index (χ3n) is 5.17. The number of fused-ring (bicyclic) bond motifs is 1. The SMILES string of the molecule is CCCCOC1c2cc(NC)ccc2OC(C)(C)C1OCc1ccc(Br)cc1F. The number of benzene rings is 2. The Hall–Kier alpha value is -1.63. The molecule has 0 aliphatic carbocycles. The Labute approximate surface area is 180 Å². The minimum absolute atomic E-state index is 0.144. The summed E-state index contributed by atoms with van der Waals surface area (Å²) in [4.78, 5) is 0. The zero-order chi connectivity index (χ0) is 21.0. The van der Waals surface area contributed by atoms with Gasteiger partial charge in [0.2, 0.25) is 0 Å². The zero-order valence-electron chi connectivity index (χ0n) is 17.4. The van der Waals surface area contributed by atoms with Crippen molar-refractivity contribution in [2.75, 3.05) is 19.0 Å². The minimum Gasteiger partial charge on any atom is -0.485 e. The number of hydrogen-bond acceptors (Lipinski definition) is 4. The summed E-state index contributed by atoms with van der Waals surface area (Å²) in [5.74, 6) is 0.500. The summed E-state index contributed by atoms with van der Waals surface area (Å²) in [6.45, 7) is 6.88. The van der Waals surface area contributed by atoms with E-state index < -0.39 is 5.60 Å². The fourth-order valence-corrected chi connectivity index (χ4v) is 3.86. The highest BCUT2D eigenvalue weighted by molar-refractivity contribution is 9.10. The van der Waals surface area contributed by atoms with Gasteiger partial charge in [0.15, 0.2) is 0 Å². The molecule has 0 saturated heterocycles. The Balaban J connectivity index is 1.90. The van der Waals surface area contributed by atoms with Crippen molar-refractivity contribution < 1.29 is 18.6 Å². The summed E-state index contributed by atoms with van der Waals surface area (Å²) in [5.41, 5.74) is 1.81. The Morgan fingerprint density at radius 1 is 1.17 bits per heavy atom. The van der Waals surface area contributed by atoms with E-state index in [0.717, 1.165) is 29.8 Å². The number of anilines is 1. The predicted molar refractivity (Wildman–Crippen MR) is 117 cm³/mol. The quantitative estimate of drug-likeness (QED) is 0.468. The molecule has 6 heteroatoms. The normalized spacial score (nSPS) is 20.1. The van der Waals surface area contributed by atoms with Gasteiger partial charge in [0.25, 0.3) is 0 Å². The van der Waals surface area contributed by atoms with Gasteiger partial charge >= 0.3 is 0 Å². The molecule has 2 aromatic rings. The molecule has 0 spiro atoms. The van der Waals surface area contributed by atoms with Crippen LogP contribution in [0.1, 0.15) is 50.8 Å². The van der Waals surface area contributed by atoms with Crippen molar-refractivity contribution in [3.05, 3.63) is 57.8 Å². The summed E-state index contributed by atoms with van der Waals surface area (Å²) in [7, 11) is 1.88.